The molecule has 0 aliphatic carbocycles. The van der Waals surface area contributed by atoms with E-state index < -0.39 is 0 Å². The molecule has 0 saturated carbocycles. The Kier molecular flexibility index (Phi) is 2.93. The first-order chi connectivity index (χ1) is 6.81. The average Bonchev–Trinajstić information content (AvgIpc) is 2.61. The van der Waals surface area contributed by atoms with Crippen molar-refractivity contribution in [1.82, 2.24) is 9.97 Å². The lowest BCUT2D eigenvalue weighted by Crippen LogP contribution is -1.78. The summed E-state index contributed by atoms with van der Waals surface area (Å²) in [7, 11) is 0. The van der Waals surface area contributed by atoms with Gasteiger partial charge in [-0.25, -0.2) is 4.98 Å². The summed E-state index contributed by atoms with van der Waals surface area (Å²) < 4.78 is 0. The van der Waals surface area contributed by atoms with Crippen LogP contribution in [0.1, 0.15) is 10.6 Å². The molecule has 4 heteroatoms. The highest BCUT2D eigenvalue weighted by Gasteiger charge is 2.07. The Morgan fingerprint density at radius 3 is 2.64 bits per heavy atom. The molecule has 0 bridgehead atoms. The van der Waals surface area contributed by atoms with Gasteiger partial charge in [0.05, 0.1) is 5.69 Å². The molecule has 0 aliphatic rings. The molecule has 0 atom stereocenters. The number of hydrogen-bond donors (Lipinski definition) is 0. The van der Waals surface area contributed by atoms with Crippen LogP contribution < -0.4 is 0 Å². The molecule has 0 N–H and O–H groups in total. The van der Waals surface area contributed by atoms with Gasteiger partial charge in [-0.1, -0.05) is 15.9 Å². The number of rotatable bonds is 2. The summed E-state index contributed by atoms with van der Waals surface area (Å²) in [6, 6.07) is 3.96. The molecule has 2 rings (SSSR count). The number of halogens is 1. The Bertz CT molecular complexity index is 425. The summed E-state index contributed by atoms with van der Waals surface area (Å²) in [5.41, 5.74) is 2.25. The van der Waals surface area contributed by atoms with E-state index in [4.69, 9.17) is 0 Å². The number of alkyl halides is 1. The topological polar surface area (TPSA) is 25.8 Å². The van der Waals surface area contributed by atoms with E-state index >= 15 is 0 Å². The second kappa shape index (κ2) is 4.19. The van der Waals surface area contributed by atoms with Crippen molar-refractivity contribution in [2.45, 2.75) is 12.3 Å². The fourth-order valence-electron chi connectivity index (χ4n) is 1.17. The molecule has 0 fully saturated rings. The maximum atomic E-state index is 4.51. The summed E-state index contributed by atoms with van der Waals surface area (Å²) in [6.07, 6.45) is 3.58. The van der Waals surface area contributed by atoms with Crippen molar-refractivity contribution >= 4 is 27.3 Å². The van der Waals surface area contributed by atoms with Crippen molar-refractivity contribution in [3.63, 3.8) is 0 Å². The predicted molar refractivity (Wildman–Crippen MR) is 62.7 cm³/mol. The predicted octanol–water partition coefficient (Wildman–Crippen LogP) is 3.41. The lowest BCUT2D eigenvalue weighted by atomic mass is 10.3. The van der Waals surface area contributed by atoms with Crippen molar-refractivity contribution in [3.05, 3.63) is 35.1 Å². The molecule has 2 heterocycles. The van der Waals surface area contributed by atoms with Gasteiger partial charge in [0.25, 0.3) is 0 Å². The summed E-state index contributed by atoms with van der Waals surface area (Å²) >= 11 is 5.18. The summed E-state index contributed by atoms with van der Waals surface area (Å²) in [6.45, 7) is 2.04. The highest BCUT2D eigenvalue weighted by molar-refractivity contribution is 9.08. The first-order valence-electron chi connectivity index (χ1n) is 4.24. The van der Waals surface area contributed by atoms with Gasteiger partial charge in [0.2, 0.25) is 0 Å². The molecule has 0 aromatic carbocycles. The molecule has 2 aromatic rings. The molecule has 2 aromatic heterocycles. The maximum absolute atomic E-state index is 4.51. The monoisotopic (exact) mass is 268 g/mol. The third-order valence-electron chi connectivity index (χ3n) is 1.94. The summed E-state index contributed by atoms with van der Waals surface area (Å²) in [5, 5.41) is 1.95. The van der Waals surface area contributed by atoms with Gasteiger partial charge in [0.15, 0.2) is 0 Å². The van der Waals surface area contributed by atoms with E-state index in [1.165, 1.54) is 4.88 Å². The fourth-order valence-corrected chi connectivity index (χ4v) is 2.84. The first-order valence-corrected chi connectivity index (χ1v) is 6.17. The molecule has 0 unspecified atom stereocenters. The zero-order valence-corrected chi connectivity index (χ0v) is 10.1. The van der Waals surface area contributed by atoms with Crippen molar-refractivity contribution in [1.29, 1.82) is 0 Å². The third kappa shape index (κ3) is 1.86. The van der Waals surface area contributed by atoms with E-state index in [0.717, 1.165) is 21.6 Å². The number of nitrogens with zero attached hydrogens (tertiary/aromatic N) is 2. The minimum absolute atomic E-state index is 0.877. The third-order valence-corrected chi connectivity index (χ3v) is 4.08. The molecule has 0 spiro atoms. The van der Waals surface area contributed by atoms with Crippen LogP contribution in [0.15, 0.2) is 24.5 Å². The lowest BCUT2D eigenvalue weighted by molar-refractivity contribution is 1.22. The molecule has 0 aliphatic heterocycles. The van der Waals surface area contributed by atoms with Crippen molar-refractivity contribution in [2.75, 3.05) is 0 Å². The van der Waals surface area contributed by atoms with Crippen molar-refractivity contribution in [2.24, 2.45) is 0 Å². The maximum Gasteiger partial charge on any atom is 0.123 e. The molecule has 0 saturated heterocycles. The van der Waals surface area contributed by atoms with Gasteiger partial charge >= 0.3 is 0 Å². The van der Waals surface area contributed by atoms with E-state index in [2.05, 4.69) is 25.9 Å². The highest BCUT2D eigenvalue weighted by Crippen LogP contribution is 2.28. The van der Waals surface area contributed by atoms with Crippen LogP contribution in [0.2, 0.25) is 0 Å². The van der Waals surface area contributed by atoms with Gasteiger partial charge in [0.1, 0.15) is 5.01 Å². The van der Waals surface area contributed by atoms with E-state index in [1.54, 1.807) is 23.7 Å². The van der Waals surface area contributed by atoms with Crippen LogP contribution >= 0.6 is 27.3 Å². The number of aromatic nitrogens is 2. The zero-order chi connectivity index (χ0) is 9.97. The minimum atomic E-state index is 0.877. The number of aryl methyl sites for hydroxylation is 1. The van der Waals surface area contributed by atoms with Crippen LogP contribution in [0, 0.1) is 6.92 Å². The standard InChI is InChI=1S/C10H9BrN2S/c1-7-9(6-11)14-10(13-7)8-2-4-12-5-3-8/h2-5H,6H2,1H3. The van der Waals surface area contributed by atoms with Gasteiger partial charge in [-0.3, -0.25) is 4.98 Å². The van der Waals surface area contributed by atoms with Crippen LogP contribution in [-0.4, -0.2) is 9.97 Å². The van der Waals surface area contributed by atoms with E-state index in [9.17, 15) is 0 Å². The first kappa shape index (κ1) is 9.80. The number of thiazole rings is 1. The molecular weight excluding hydrogens is 260 g/mol. The Hall–Kier alpha value is -0.740. The van der Waals surface area contributed by atoms with Gasteiger partial charge in [0, 0.05) is 28.2 Å². The summed E-state index contributed by atoms with van der Waals surface area (Å²) in [5.74, 6) is 0. The van der Waals surface area contributed by atoms with Crippen molar-refractivity contribution in [3.8, 4) is 10.6 Å². The molecule has 14 heavy (non-hydrogen) atoms. The highest BCUT2D eigenvalue weighted by atomic mass is 79.9. The van der Waals surface area contributed by atoms with Gasteiger partial charge in [-0.2, -0.15) is 0 Å². The number of pyridine rings is 1. The van der Waals surface area contributed by atoms with Crippen LogP contribution in [0.5, 0.6) is 0 Å². The Morgan fingerprint density at radius 1 is 1.36 bits per heavy atom. The normalized spacial score (nSPS) is 10.4. The van der Waals surface area contributed by atoms with E-state index in [0.29, 0.717) is 0 Å². The second-order valence-corrected chi connectivity index (χ2v) is 4.54. The Morgan fingerprint density at radius 2 is 2.07 bits per heavy atom. The van der Waals surface area contributed by atoms with Crippen LogP contribution in [0.4, 0.5) is 0 Å². The van der Waals surface area contributed by atoms with E-state index in [-0.39, 0.29) is 0 Å². The van der Waals surface area contributed by atoms with Gasteiger partial charge in [-0.15, -0.1) is 11.3 Å². The molecule has 2 nitrogen and oxygen atoms in total. The molecule has 0 amide bonds. The Labute approximate surface area is 95.2 Å². The SMILES string of the molecule is Cc1nc(-c2ccncc2)sc1CBr. The van der Waals surface area contributed by atoms with Crippen molar-refractivity contribution < 1.29 is 0 Å². The van der Waals surface area contributed by atoms with Crippen LogP contribution in [0.3, 0.4) is 0 Å². The smallest absolute Gasteiger partial charge is 0.123 e. The quantitative estimate of drug-likeness (QED) is 0.781. The fraction of sp³-hybridized carbons (Fsp3) is 0.200. The van der Waals surface area contributed by atoms with Gasteiger partial charge < -0.3 is 0 Å². The molecule has 0 radical (unpaired) electrons. The zero-order valence-electron chi connectivity index (χ0n) is 7.70. The average molecular weight is 269 g/mol. The van der Waals surface area contributed by atoms with Gasteiger partial charge in [-0.05, 0) is 19.1 Å². The summed E-state index contributed by atoms with van der Waals surface area (Å²) in [4.78, 5) is 9.79. The lowest BCUT2D eigenvalue weighted by Gasteiger charge is -1.92. The number of hydrogen-bond acceptors (Lipinski definition) is 3. The van der Waals surface area contributed by atoms with Crippen LogP contribution in [-0.2, 0) is 5.33 Å². The minimum Gasteiger partial charge on any atom is -0.265 e. The van der Waals surface area contributed by atoms with E-state index in [1.807, 2.05) is 19.1 Å². The Balaban J connectivity index is 2.43. The molecule has 72 valence electrons. The molecular formula is C10H9BrN2S. The largest absolute Gasteiger partial charge is 0.265 e. The van der Waals surface area contributed by atoms with Crippen LogP contribution in [0.25, 0.3) is 10.6 Å². The second-order valence-electron chi connectivity index (χ2n) is 2.90.